The van der Waals surface area contributed by atoms with Gasteiger partial charge in [-0.15, -0.1) is 0 Å². The molecule has 0 heterocycles. The van der Waals surface area contributed by atoms with Crippen molar-refractivity contribution in [2.24, 2.45) is 17.6 Å². The van der Waals surface area contributed by atoms with Crippen LogP contribution in [0.3, 0.4) is 0 Å². The number of amides is 2. The topological polar surface area (TPSA) is 75.4 Å². The van der Waals surface area contributed by atoms with Gasteiger partial charge in [0.05, 0.1) is 5.92 Å². The lowest BCUT2D eigenvalue weighted by molar-refractivity contribution is -0.120. The fourth-order valence-corrected chi connectivity index (χ4v) is 1.87. The van der Waals surface area contributed by atoms with Crippen LogP contribution in [0.25, 0.3) is 0 Å². The van der Waals surface area contributed by atoms with Crippen LogP contribution < -0.4 is 11.1 Å². The van der Waals surface area contributed by atoms with Crippen molar-refractivity contribution in [3.05, 3.63) is 29.8 Å². The summed E-state index contributed by atoms with van der Waals surface area (Å²) in [6.07, 6.45) is 0. The largest absolute Gasteiger partial charge is 0.345 e. The molecule has 1 aromatic carbocycles. The molecule has 3 N–H and O–H groups in total. The highest BCUT2D eigenvalue weighted by Gasteiger charge is 2.20. The molecule has 5 nitrogen and oxygen atoms in total. The molecule has 0 saturated carbocycles. The molecular weight excluding hydrogens is 254 g/mol. The molecular formula is C15H23N3O2. The van der Waals surface area contributed by atoms with E-state index in [1.165, 1.54) is 4.90 Å². The van der Waals surface area contributed by atoms with Gasteiger partial charge in [-0.3, -0.25) is 9.59 Å². The van der Waals surface area contributed by atoms with E-state index in [9.17, 15) is 9.59 Å². The van der Waals surface area contributed by atoms with E-state index < -0.39 is 0 Å². The van der Waals surface area contributed by atoms with Gasteiger partial charge >= 0.3 is 0 Å². The highest BCUT2D eigenvalue weighted by Crippen LogP contribution is 2.15. The minimum atomic E-state index is -0.210. The number of carbonyl (C=O) groups excluding carboxylic acids is 2. The maximum Gasteiger partial charge on any atom is 0.253 e. The summed E-state index contributed by atoms with van der Waals surface area (Å²) in [5, 5.41) is 2.83. The van der Waals surface area contributed by atoms with Crippen LogP contribution in [-0.4, -0.2) is 37.4 Å². The van der Waals surface area contributed by atoms with Crippen LogP contribution in [0.5, 0.6) is 0 Å². The van der Waals surface area contributed by atoms with Crippen LogP contribution in [-0.2, 0) is 4.79 Å². The zero-order chi connectivity index (χ0) is 15.3. The summed E-state index contributed by atoms with van der Waals surface area (Å²) in [5.74, 6) is -0.174. The average Bonchev–Trinajstić information content (AvgIpc) is 2.39. The third kappa shape index (κ3) is 4.06. The van der Waals surface area contributed by atoms with Crippen LogP contribution in [0.15, 0.2) is 24.3 Å². The van der Waals surface area contributed by atoms with Gasteiger partial charge in [-0.25, -0.2) is 0 Å². The summed E-state index contributed by atoms with van der Waals surface area (Å²) in [7, 11) is 3.40. The van der Waals surface area contributed by atoms with E-state index in [4.69, 9.17) is 5.73 Å². The molecule has 1 atom stereocenters. The number of benzene rings is 1. The van der Waals surface area contributed by atoms with Gasteiger partial charge in [-0.05, 0) is 30.2 Å². The SMILES string of the molecule is CC(C)C(CN)C(=O)Nc1ccc(C(=O)N(C)C)cc1. The highest BCUT2D eigenvalue weighted by atomic mass is 16.2. The highest BCUT2D eigenvalue weighted by molar-refractivity contribution is 5.96. The summed E-state index contributed by atoms with van der Waals surface area (Å²) < 4.78 is 0. The maximum atomic E-state index is 12.0. The number of nitrogens with two attached hydrogens (primary N) is 1. The average molecular weight is 277 g/mol. The Labute approximate surface area is 120 Å². The van der Waals surface area contributed by atoms with Crippen molar-refractivity contribution in [1.29, 1.82) is 0 Å². The van der Waals surface area contributed by atoms with E-state index in [2.05, 4.69) is 5.32 Å². The lowest BCUT2D eigenvalue weighted by Crippen LogP contribution is -2.33. The Kier molecular flexibility index (Phi) is 5.70. The molecule has 0 saturated heterocycles. The van der Waals surface area contributed by atoms with E-state index >= 15 is 0 Å². The Morgan fingerprint density at radius 1 is 1.20 bits per heavy atom. The molecule has 0 bridgehead atoms. The van der Waals surface area contributed by atoms with Crippen LogP contribution in [0.1, 0.15) is 24.2 Å². The summed E-state index contributed by atoms with van der Waals surface area (Å²) in [5.41, 5.74) is 6.88. The fourth-order valence-electron chi connectivity index (χ4n) is 1.87. The maximum absolute atomic E-state index is 12.0. The number of nitrogens with one attached hydrogen (secondary N) is 1. The molecule has 0 aliphatic carbocycles. The Balaban J connectivity index is 2.75. The molecule has 2 amide bonds. The molecule has 1 rings (SSSR count). The second-order valence-corrected chi connectivity index (χ2v) is 5.35. The van der Waals surface area contributed by atoms with Gasteiger partial charge in [0.15, 0.2) is 0 Å². The van der Waals surface area contributed by atoms with Gasteiger partial charge in [0.25, 0.3) is 5.91 Å². The fraction of sp³-hybridized carbons (Fsp3) is 0.467. The van der Waals surface area contributed by atoms with Gasteiger partial charge in [-0.2, -0.15) is 0 Å². The van der Waals surface area contributed by atoms with Crippen molar-refractivity contribution in [3.8, 4) is 0 Å². The summed E-state index contributed by atoms with van der Waals surface area (Å²) in [6.45, 7) is 4.26. The number of hydrogen-bond acceptors (Lipinski definition) is 3. The molecule has 0 spiro atoms. The van der Waals surface area contributed by atoms with E-state index in [-0.39, 0.29) is 23.7 Å². The minimum absolute atomic E-state index is 0.0649. The zero-order valence-electron chi connectivity index (χ0n) is 12.5. The number of carbonyl (C=O) groups is 2. The molecule has 20 heavy (non-hydrogen) atoms. The third-order valence-corrected chi connectivity index (χ3v) is 3.20. The third-order valence-electron chi connectivity index (χ3n) is 3.20. The van der Waals surface area contributed by atoms with Crippen LogP contribution in [0.4, 0.5) is 5.69 Å². The Hall–Kier alpha value is -1.88. The summed E-state index contributed by atoms with van der Waals surface area (Å²) >= 11 is 0. The van der Waals surface area contributed by atoms with Crippen LogP contribution in [0.2, 0.25) is 0 Å². The molecule has 0 aliphatic rings. The predicted molar refractivity (Wildman–Crippen MR) is 80.5 cm³/mol. The second kappa shape index (κ2) is 7.05. The van der Waals surface area contributed by atoms with Gasteiger partial charge in [-0.1, -0.05) is 13.8 Å². The van der Waals surface area contributed by atoms with E-state index in [1.807, 2.05) is 13.8 Å². The van der Waals surface area contributed by atoms with Gasteiger partial charge < -0.3 is 16.0 Å². The first kappa shape index (κ1) is 16.2. The monoisotopic (exact) mass is 277 g/mol. The molecule has 110 valence electrons. The summed E-state index contributed by atoms with van der Waals surface area (Å²) in [4.78, 5) is 25.3. The molecule has 1 aromatic rings. The number of rotatable bonds is 5. The first-order valence-electron chi connectivity index (χ1n) is 6.69. The van der Waals surface area contributed by atoms with E-state index in [0.29, 0.717) is 17.8 Å². The lowest BCUT2D eigenvalue weighted by atomic mass is 9.95. The van der Waals surface area contributed by atoms with Crippen molar-refractivity contribution in [3.63, 3.8) is 0 Å². The molecule has 0 fully saturated rings. The van der Waals surface area contributed by atoms with Crippen molar-refractivity contribution in [1.82, 2.24) is 4.90 Å². The molecule has 5 heteroatoms. The van der Waals surface area contributed by atoms with Crippen molar-refractivity contribution in [2.45, 2.75) is 13.8 Å². The van der Waals surface area contributed by atoms with Crippen molar-refractivity contribution < 1.29 is 9.59 Å². The van der Waals surface area contributed by atoms with Gasteiger partial charge in [0.1, 0.15) is 0 Å². The molecule has 1 unspecified atom stereocenters. The van der Waals surface area contributed by atoms with Crippen molar-refractivity contribution >= 4 is 17.5 Å². The lowest BCUT2D eigenvalue weighted by Gasteiger charge is -2.18. The quantitative estimate of drug-likeness (QED) is 0.857. The van der Waals surface area contributed by atoms with Gasteiger partial charge in [0.2, 0.25) is 5.91 Å². The normalized spacial score (nSPS) is 12.1. The Morgan fingerprint density at radius 3 is 2.15 bits per heavy atom. The number of anilines is 1. The zero-order valence-corrected chi connectivity index (χ0v) is 12.5. The summed E-state index contributed by atoms with van der Waals surface area (Å²) in [6, 6.07) is 6.85. The standard InChI is InChI=1S/C15H23N3O2/c1-10(2)13(9-16)14(19)17-12-7-5-11(6-8-12)15(20)18(3)4/h5-8,10,13H,9,16H2,1-4H3,(H,17,19). The predicted octanol–water partition coefficient (Wildman–Crippen LogP) is 1.56. The molecule has 0 aromatic heterocycles. The van der Waals surface area contributed by atoms with Crippen LogP contribution >= 0.6 is 0 Å². The Morgan fingerprint density at radius 2 is 1.75 bits per heavy atom. The first-order valence-corrected chi connectivity index (χ1v) is 6.69. The smallest absolute Gasteiger partial charge is 0.253 e. The van der Waals surface area contributed by atoms with E-state index in [0.717, 1.165) is 0 Å². The molecule has 0 aliphatic heterocycles. The number of hydrogen-bond donors (Lipinski definition) is 2. The first-order chi connectivity index (χ1) is 9.36. The van der Waals surface area contributed by atoms with Crippen molar-refractivity contribution in [2.75, 3.05) is 26.0 Å². The Bertz CT molecular complexity index is 467. The van der Waals surface area contributed by atoms with Crippen LogP contribution in [0, 0.1) is 11.8 Å². The second-order valence-electron chi connectivity index (χ2n) is 5.35. The number of nitrogens with zero attached hydrogens (tertiary/aromatic N) is 1. The minimum Gasteiger partial charge on any atom is -0.345 e. The van der Waals surface area contributed by atoms with Gasteiger partial charge in [0, 0.05) is 31.9 Å². The molecule has 0 radical (unpaired) electrons. The van der Waals surface area contributed by atoms with E-state index in [1.54, 1.807) is 38.4 Å².